The molecule has 1 heterocycles. The summed E-state index contributed by atoms with van der Waals surface area (Å²) in [4.78, 5) is 0. The molecule has 3 nitrogen and oxygen atoms in total. The zero-order valence-electron chi connectivity index (χ0n) is 13.8. The number of ether oxygens (including phenoxy) is 2. The van der Waals surface area contributed by atoms with Crippen molar-refractivity contribution >= 4 is 8.32 Å². The summed E-state index contributed by atoms with van der Waals surface area (Å²) in [5, 5.41) is 0. The zero-order chi connectivity index (χ0) is 15.6. The van der Waals surface area contributed by atoms with Crippen LogP contribution >= 0.6 is 0 Å². The summed E-state index contributed by atoms with van der Waals surface area (Å²) >= 11 is 0. The van der Waals surface area contributed by atoms with Gasteiger partial charge in [-0.2, -0.15) is 0 Å². The highest BCUT2D eigenvalue weighted by Crippen LogP contribution is 2.41. The van der Waals surface area contributed by atoms with Gasteiger partial charge in [-0.3, -0.25) is 0 Å². The predicted octanol–water partition coefficient (Wildman–Crippen LogP) is 4.49. The molecule has 2 rings (SSSR count). The molecule has 0 fully saturated rings. The van der Waals surface area contributed by atoms with Crippen LogP contribution in [0.5, 0.6) is 0 Å². The minimum absolute atomic E-state index is 0.0359. The smallest absolute Gasteiger partial charge is 0.241 e. The Morgan fingerprint density at radius 2 is 1.71 bits per heavy atom. The van der Waals surface area contributed by atoms with Gasteiger partial charge >= 0.3 is 0 Å². The van der Waals surface area contributed by atoms with Crippen LogP contribution in [0.3, 0.4) is 0 Å². The Morgan fingerprint density at radius 3 is 2.24 bits per heavy atom. The first-order valence-corrected chi connectivity index (χ1v) is 10.9. The Hall–Kier alpha value is -1.10. The second kappa shape index (κ2) is 6.34. The molecule has 0 aliphatic carbocycles. The highest BCUT2D eigenvalue weighted by Gasteiger charge is 2.37. The van der Waals surface area contributed by atoms with Gasteiger partial charge in [0.25, 0.3) is 0 Å². The minimum atomic E-state index is -1.67. The lowest BCUT2D eigenvalue weighted by Crippen LogP contribution is -2.36. The van der Waals surface area contributed by atoms with Gasteiger partial charge in [-0.15, -0.1) is 0 Å². The maximum Gasteiger partial charge on any atom is 0.241 e. The molecule has 0 amide bonds. The molecule has 1 aromatic carbocycles. The van der Waals surface area contributed by atoms with Crippen LogP contribution < -0.4 is 0 Å². The van der Waals surface area contributed by atoms with Crippen LogP contribution in [0.1, 0.15) is 25.5 Å². The fourth-order valence-corrected chi connectivity index (χ4v) is 3.72. The molecule has 1 aromatic rings. The summed E-state index contributed by atoms with van der Waals surface area (Å²) < 4.78 is 18.0. The molecule has 0 saturated heterocycles. The van der Waals surface area contributed by atoms with Crippen molar-refractivity contribution in [2.24, 2.45) is 5.92 Å². The lowest BCUT2D eigenvalue weighted by molar-refractivity contribution is -0.161. The van der Waals surface area contributed by atoms with Crippen molar-refractivity contribution in [3.05, 3.63) is 47.2 Å². The third-order valence-electron chi connectivity index (χ3n) is 3.64. The first-order valence-electron chi connectivity index (χ1n) is 7.46. The molecule has 116 valence electrons. The lowest BCUT2D eigenvalue weighted by Gasteiger charge is -2.39. The summed E-state index contributed by atoms with van der Waals surface area (Å²) in [5.74, 6) is 1.23. The molecular formula is C17H26O3Si. The molecule has 4 heteroatoms. The van der Waals surface area contributed by atoms with Crippen molar-refractivity contribution in [3.63, 3.8) is 0 Å². The van der Waals surface area contributed by atoms with E-state index in [0.717, 1.165) is 16.9 Å². The Labute approximate surface area is 129 Å². The SMILES string of the molecule is COC1OC(c2ccccc2)C(C)C(O[Si](C)(C)C)=C1C. The van der Waals surface area contributed by atoms with E-state index in [-0.39, 0.29) is 18.3 Å². The van der Waals surface area contributed by atoms with Gasteiger partial charge in [0, 0.05) is 18.6 Å². The Kier molecular flexibility index (Phi) is 4.91. The molecule has 0 bridgehead atoms. The molecule has 0 radical (unpaired) electrons. The summed E-state index contributed by atoms with van der Waals surface area (Å²) in [7, 11) is 0.00881. The number of rotatable bonds is 4. The van der Waals surface area contributed by atoms with Crippen LogP contribution in [0.4, 0.5) is 0 Å². The van der Waals surface area contributed by atoms with Crippen LogP contribution in [-0.2, 0) is 13.9 Å². The van der Waals surface area contributed by atoms with E-state index in [4.69, 9.17) is 13.9 Å². The Morgan fingerprint density at radius 1 is 1.10 bits per heavy atom. The van der Waals surface area contributed by atoms with Gasteiger partial charge < -0.3 is 13.9 Å². The highest BCUT2D eigenvalue weighted by atomic mass is 28.4. The largest absolute Gasteiger partial charge is 0.547 e. The van der Waals surface area contributed by atoms with Crippen molar-refractivity contribution in [3.8, 4) is 0 Å². The second-order valence-corrected chi connectivity index (χ2v) is 11.0. The van der Waals surface area contributed by atoms with E-state index in [1.807, 2.05) is 25.1 Å². The average molecular weight is 306 g/mol. The van der Waals surface area contributed by atoms with E-state index in [2.05, 4.69) is 38.7 Å². The van der Waals surface area contributed by atoms with Crippen molar-refractivity contribution in [1.29, 1.82) is 0 Å². The number of benzene rings is 1. The van der Waals surface area contributed by atoms with Crippen molar-refractivity contribution in [1.82, 2.24) is 0 Å². The van der Waals surface area contributed by atoms with Crippen LogP contribution in [-0.4, -0.2) is 21.7 Å². The number of hydrogen-bond acceptors (Lipinski definition) is 3. The molecular weight excluding hydrogens is 280 g/mol. The quantitative estimate of drug-likeness (QED) is 0.767. The minimum Gasteiger partial charge on any atom is -0.547 e. The molecule has 3 unspecified atom stereocenters. The third kappa shape index (κ3) is 3.76. The zero-order valence-corrected chi connectivity index (χ0v) is 14.8. The number of methoxy groups -OCH3 is 1. The summed E-state index contributed by atoms with van der Waals surface area (Å²) in [6.07, 6.45) is -0.371. The van der Waals surface area contributed by atoms with Crippen LogP contribution in [0, 0.1) is 5.92 Å². The number of hydrogen-bond donors (Lipinski definition) is 0. The van der Waals surface area contributed by atoms with Gasteiger partial charge in [-0.25, -0.2) is 0 Å². The first kappa shape index (κ1) is 16.3. The fourth-order valence-electron chi connectivity index (χ4n) is 2.71. The molecule has 1 aliphatic rings. The van der Waals surface area contributed by atoms with E-state index >= 15 is 0 Å². The second-order valence-electron chi connectivity index (χ2n) is 6.59. The topological polar surface area (TPSA) is 27.7 Å². The highest BCUT2D eigenvalue weighted by molar-refractivity contribution is 6.70. The lowest BCUT2D eigenvalue weighted by atomic mass is 9.91. The molecule has 3 atom stereocenters. The summed E-state index contributed by atoms with van der Waals surface area (Å²) in [5.41, 5.74) is 2.22. The maximum atomic E-state index is 6.35. The predicted molar refractivity (Wildman–Crippen MR) is 87.4 cm³/mol. The Balaban J connectivity index is 2.37. The van der Waals surface area contributed by atoms with Gasteiger partial charge in [-0.05, 0) is 32.1 Å². The van der Waals surface area contributed by atoms with Gasteiger partial charge in [0.15, 0.2) is 6.29 Å². The van der Waals surface area contributed by atoms with Gasteiger partial charge in [0.2, 0.25) is 8.32 Å². The van der Waals surface area contributed by atoms with E-state index in [0.29, 0.717) is 0 Å². The van der Waals surface area contributed by atoms with Crippen LogP contribution in [0.25, 0.3) is 0 Å². The molecule has 1 aliphatic heterocycles. The molecule has 0 aromatic heterocycles. The van der Waals surface area contributed by atoms with E-state index in [9.17, 15) is 0 Å². The van der Waals surface area contributed by atoms with Crippen LogP contribution in [0.15, 0.2) is 41.7 Å². The van der Waals surface area contributed by atoms with E-state index in [1.54, 1.807) is 7.11 Å². The average Bonchev–Trinajstić information content (AvgIpc) is 2.44. The van der Waals surface area contributed by atoms with E-state index < -0.39 is 8.32 Å². The van der Waals surface area contributed by atoms with Crippen molar-refractivity contribution in [2.45, 2.75) is 45.9 Å². The summed E-state index contributed by atoms with van der Waals surface area (Å²) in [6, 6.07) is 10.3. The van der Waals surface area contributed by atoms with Gasteiger partial charge in [-0.1, -0.05) is 37.3 Å². The van der Waals surface area contributed by atoms with Crippen molar-refractivity contribution in [2.75, 3.05) is 7.11 Å². The maximum absolute atomic E-state index is 6.35. The first-order chi connectivity index (χ1) is 9.83. The monoisotopic (exact) mass is 306 g/mol. The summed E-state index contributed by atoms with van der Waals surface area (Å²) in [6.45, 7) is 10.8. The van der Waals surface area contributed by atoms with E-state index in [1.165, 1.54) is 0 Å². The van der Waals surface area contributed by atoms with Gasteiger partial charge in [0.05, 0.1) is 11.9 Å². The molecule has 0 N–H and O–H groups in total. The van der Waals surface area contributed by atoms with Crippen LogP contribution in [0.2, 0.25) is 19.6 Å². The molecule has 0 saturated carbocycles. The standard InChI is InChI=1S/C17H26O3Si/c1-12-15(20-21(4,5)6)13(2)17(18-3)19-16(12)14-10-8-7-9-11-14/h7-12,16-17H,1-6H3. The fraction of sp³-hybridized carbons (Fsp3) is 0.529. The van der Waals surface area contributed by atoms with Gasteiger partial charge in [0.1, 0.15) is 0 Å². The normalized spacial score (nSPS) is 26.9. The molecule has 21 heavy (non-hydrogen) atoms. The molecule has 0 spiro atoms. The third-order valence-corrected chi connectivity index (χ3v) is 4.47. The Bertz CT molecular complexity index is 505. The van der Waals surface area contributed by atoms with Crippen molar-refractivity contribution < 1.29 is 13.9 Å².